The molecule has 1 aliphatic heterocycles. The number of nitrogens with zero attached hydrogens (tertiary/aromatic N) is 1. The zero-order chi connectivity index (χ0) is 23.5. The van der Waals surface area contributed by atoms with E-state index in [-0.39, 0.29) is 22.8 Å². The van der Waals surface area contributed by atoms with E-state index >= 15 is 0 Å². The molecule has 0 spiro atoms. The van der Waals surface area contributed by atoms with Crippen molar-refractivity contribution in [3.63, 3.8) is 0 Å². The predicted octanol–water partition coefficient (Wildman–Crippen LogP) is 3.74. The zero-order valence-corrected chi connectivity index (χ0v) is 19.8. The molecule has 8 heteroatoms. The summed E-state index contributed by atoms with van der Waals surface area (Å²) in [6, 6.07) is 12.6. The number of nitrogens with one attached hydrogen (secondary N) is 2. The summed E-state index contributed by atoms with van der Waals surface area (Å²) in [6.07, 6.45) is 1.36. The van der Waals surface area contributed by atoms with E-state index in [0.717, 1.165) is 12.0 Å². The van der Waals surface area contributed by atoms with Crippen LogP contribution in [0.15, 0.2) is 53.4 Å². The van der Waals surface area contributed by atoms with Gasteiger partial charge in [-0.3, -0.25) is 14.3 Å². The number of carbonyl (C=O) groups excluding carboxylic acids is 2. The summed E-state index contributed by atoms with van der Waals surface area (Å²) in [4.78, 5) is 27.3. The smallest absolute Gasteiger partial charge is 0.261 e. The molecule has 0 aromatic heterocycles. The highest BCUT2D eigenvalue weighted by molar-refractivity contribution is 7.92. The first-order valence-electron chi connectivity index (χ1n) is 10.9. The van der Waals surface area contributed by atoms with Gasteiger partial charge in [-0.1, -0.05) is 32.0 Å². The van der Waals surface area contributed by atoms with Crippen LogP contribution in [0.25, 0.3) is 0 Å². The first-order valence-corrected chi connectivity index (χ1v) is 12.4. The minimum atomic E-state index is -3.79. The first kappa shape index (κ1) is 23.8. The van der Waals surface area contributed by atoms with E-state index in [1.165, 1.54) is 6.07 Å². The lowest BCUT2D eigenvalue weighted by Crippen LogP contribution is -2.47. The topological polar surface area (TPSA) is 95.6 Å². The lowest BCUT2D eigenvalue weighted by atomic mass is 10.0. The van der Waals surface area contributed by atoms with Crippen LogP contribution >= 0.6 is 0 Å². The van der Waals surface area contributed by atoms with Crippen LogP contribution in [0.3, 0.4) is 0 Å². The number of carbonyl (C=O) groups is 2. The second-order valence-electron chi connectivity index (χ2n) is 8.73. The van der Waals surface area contributed by atoms with Crippen molar-refractivity contribution in [1.29, 1.82) is 0 Å². The molecule has 0 bridgehead atoms. The monoisotopic (exact) mass is 457 g/mol. The van der Waals surface area contributed by atoms with E-state index in [9.17, 15) is 18.0 Å². The summed E-state index contributed by atoms with van der Waals surface area (Å²) in [7, 11) is -3.79. The average molecular weight is 458 g/mol. The molecular formula is C24H31N3O4S. The van der Waals surface area contributed by atoms with Crippen molar-refractivity contribution in [3.05, 3.63) is 59.7 Å². The SMILES string of the molecule is CC(C)NC(=O)[C@H]1CCCN1C(=O)c1cccc(NS(=O)(=O)c2ccc(C(C)C)cc2)c1. The van der Waals surface area contributed by atoms with Crippen LogP contribution in [-0.2, 0) is 14.8 Å². The van der Waals surface area contributed by atoms with Gasteiger partial charge in [-0.05, 0) is 68.5 Å². The Morgan fingerprint density at radius 3 is 2.34 bits per heavy atom. The Morgan fingerprint density at radius 2 is 1.72 bits per heavy atom. The fraction of sp³-hybridized carbons (Fsp3) is 0.417. The van der Waals surface area contributed by atoms with Gasteiger partial charge >= 0.3 is 0 Å². The Bertz CT molecular complexity index is 1080. The van der Waals surface area contributed by atoms with E-state index < -0.39 is 16.1 Å². The van der Waals surface area contributed by atoms with Crippen molar-refractivity contribution in [2.45, 2.75) is 63.4 Å². The van der Waals surface area contributed by atoms with Gasteiger partial charge in [0.15, 0.2) is 0 Å². The number of hydrogen-bond acceptors (Lipinski definition) is 4. The maximum atomic E-state index is 13.1. The molecule has 2 amide bonds. The molecule has 1 atom stereocenters. The summed E-state index contributed by atoms with van der Waals surface area (Å²) in [5.41, 5.74) is 1.69. The van der Waals surface area contributed by atoms with Crippen LogP contribution in [-0.4, -0.2) is 43.8 Å². The van der Waals surface area contributed by atoms with E-state index in [1.807, 2.05) is 27.7 Å². The number of likely N-dealkylation sites (tertiary alicyclic amines) is 1. The van der Waals surface area contributed by atoms with Gasteiger partial charge in [-0.2, -0.15) is 0 Å². The number of rotatable bonds is 7. The Morgan fingerprint density at radius 1 is 1.03 bits per heavy atom. The standard InChI is InChI=1S/C24H31N3O4S/c1-16(2)18-10-12-21(13-11-18)32(30,31)26-20-8-5-7-19(15-20)24(29)27-14-6-9-22(27)23(28)25-17(3)4/h5,7-8,10-13,15-17,22,26H,6,9,14H2,1-4H3,(H,25,28)/t22-/m1/s1. The molecule has 1 fully saturated rings. The third-order valence-corrected chi connectivity index (χ3v) is 6.86. The largest absolute Gasteiger partial charge is 0.352 e. The van der Waals surface area contributed by atoms with Gasteiger partial charge in [0, 0.05) is 23.8 Å². The summed E-state index contributed by atoms with van der Waals surface area (Å²) in [5, 5.41) is 2.87. The van der Waals surface area contributed by atoms with Gasteiger partial charge in [0.1, 0.15) is 6.04 Å². The maximum absolute atomic E-state index is 13.1. The van der Waals surface area contributed by atoms with Crippen LogP contribution in [0.5, 0.6) is 0 Å². The van der Waals surface area contributed by atoms with Crippen LogP contribution in [0.1, 0.15) is 62.4 Å². The van der Waals surface area contributed by atoms with E-state index in [0.29, 0.717) is 30.1 Å². The summed E-state index contributed by atoms with van der Waals surface area (Å²) >= 11 is 0. The molecule has 32 heavy (non-hydrogen) atoms. The minimum absolute atomic E-state index is 0.00705. The summed E-state index contributed by atoms with van der Waals surface area (Å²) in [6.45, 7) is 8.34. The molecule has 2 aromatic carbocycles. The fourth-order valence-electron chi connectivity index (χ4n) is 3.79. The lowest BCUT2D eigenvalue weighted by Gasteiger charge is -2.25. The molecule has 0 radical (unpaired) electrons. The van der Waals surface area contributed by atoms with Crippen molar-refractivity contribution < 1.29 is 18.0 Å². The molecule has 1 aliphatic rings. The third kappa shape index (κ3) is 5.48. The molecule has 1 saturated heterocycles. The lowest BCUT2D eigenvalue weighted by molar-refractivity contribution is -0.125. The number of amides is 2. The van der Waals surface area contributed by atoms with Crippen molar-refractivity contribution >= 4 is 27.5 Å². The quantitative estimate of drug-likeness (QED) is 0.662. The van der Waals surface area contributed by atoms with E-state index in [4.69, 9.17) is 0 Å². The Kier molecular flexibility index (Phi) is 7.23. The Hall–Kier alpha value is -2.87. The van der Waals surface area contributed by atoms with Gasteiger partial charge in [-0.15, -0.1) is 0 Å². The summed E-state index contributed by atoms with van der Waals surface area (Å²) < 4.78 is 28.2. The van der Waals surface area contributed by atoms with Crippen molar-refractivity contribution in [2.75, 3.05) is 11.3 Å². The molecular weight excluding hydrogens is 426 g/mol. The van der Waals surface area contributed by atoms with Crippen molar-refractivity contribution in [1.82, 2.24) is 10.2 Å². The molecule has 0 unspecified atom stereocenters. The third-order valence-electron chi connectivity index (χ3n) is 5.47. The molecule has 3 rings (SSSR count). The molecule has 1 heterocycles. The van der Waals surface area contributed by atoms with Gasteiger partial charge in [0.25, 0.3) is 15.9 Å². The minimum Gasteiger partial charge on any atom is -0.352 e. The molecule has 7 nitrogen and oxygen atoms in total. The van der Waals surface area contributed by atoms with Gasteiger partial charge < -0.3 is 10.2 Å². The highest BCUT2D eigenvalue weighted by Gasteiger charge is 2.34. The van der Waals surface area contributed by atoms with Gasteiger partial charge in [-0.25, -0.2) is 8.42 Å². The number of sulfonamides is 1. The fourth-order valence-corrected chi connectivity index (χ4v) is 4.84. The van der Waals surface area contributed by atoms with E-state index in [2.05, 4.69) is 10.0 Å². The number of benzene rings is 2. The first-order chi connectivity index (χ1) is 15.1. The zero-order valence-electron chi connectivity index (χ0n) is 19.0. The van der Waals surface area contributed by atoms with Crippen LogP contribution in [0, 0.1) is 0 Å². The average Bonchev–Trinajstić information content (AvgIpc) is 3.23. The van der Waals surface area contributed by atoms with Gasteiger partial charge in [0.05, 0.1) is 4.90 Å². The van der Waals surface area contributed by atoms with Gasteiger partial charge in [0.2, 0.25) is 5.91 Å². The Labute approximate surface area is 190 Å². The van der Waals surface area contributed by atoms with Crippen LogP contribution in [0.2, 0.25) is 0 Å². The highest BCUT2D eigenvalue weighted by Crippen LogP contribution is 2.24. The van der Waals surface area contributed by atoms with E-state index in [1.54, 1.807) is 47.4 Å². The molecule has 172 valence electrons. The second-order valence-corrected chi connectivity index (χ2v) is 10.4. The van der Waals surface area contributed by atoms with Crippen LogP contribution in [0.4, 0.5) is 5.69 Å². The molecule has 2 N–H and O–H groups in total. The molecule has 0 aliphatic carbocycles. The van der Waals surface area contributed by atoms with Crippen molar-refractivity contribution in [3.8, 4) is 0 Å². The predicted molar refractivity (Wildman–Crippen MR) is 125 cm³/mol. The number of hydrogen-bond donors (Lipinski definition) is 2. The Balaban J connectivity index is 1.77. The highest BCUT2D eigenvalue weighted by atomic mass is 32.2. The molecule has 0 saturated carbocycles. The second kappa shape index (κ2) is 9.73. The van der Waals surface area contributed by atoms with Crippen LogP contribution < -0.4 is 10.0 Å². The van der Waals surface area contributed by atoms with Crippen molar-refractivity contribution in [2.24, 2.45) is 0 Å². The molecule has 2 aromatic rings. The number of anilines is 1. The normalized spacial score (nSPS) is 16.4. The maximum Gasteiger partial charge on any atom is 0.261 e. The summed E-state index contributed by atoms with van der Waals surface area (Å²) in [5.74, 6) is -0.138.